The number of hydrogen-bond acceptors (Lipinski definition) is 3. The third-order valence-corrected chi connectivity index (χ3v) is 3.10. The zero-order chi connectivity index (χ0) is 12.4. The fraction of sp³-hybridized carbons (Fsp3) is 0.583. The number of carbonyl (C=O) groups is 1. The molecule has 90 valence electrons. The van der Waals surface area contributed by atoms with Gasteiger partial charge in [-0.2, -0.15) is 11.3 Å². The van der Waals surface area contributed by atoms with Crippen LogP contribution >= 0.6 is 11.3 Å². The molecule has 0 fully saturated rings. The summed E-state index contributed by atoms with van der Waals surface area (Å²) in [5.41, 5.74) is -0.585. The van der Waals surface area contributed by atoms with Gasteiger partial charge in [-0.25, -0.2) is 0 Å². The first-order valence-electron chi connectivity index (χ1n) is 5.27. The van der Waals surface area contributed by atoms with Crippen LogP contribution in [0.3, 0.4) is 0 Å². The number of hydrogen-bond donors (Lipinski definition) is 2. The van der Waals surface area contributed by atoms with Gasteiger partial charge in [0.25, 0.3) is 0 Å². The van der Waals surface area contributed by atoms with E-state index in [0.29, 0.717) is 0 Å². The van der Waals surface area contributed by atoms with E-state index in [9.17, 15) is 9.90 Å². The fourth-order valence-corrected chi connectivity index (χ4v) is 1.97. The molecule has 0 aliphatic carbocycles. The minimum absolute atomic E-state index is 0.0528. The third kappa shape index (κ3) is 3.32. The minimum Gasteiger partial charge on any atom is -0.384 e. The van der Waals surface area contributed by atoms with Crippen molar-refractivity contribution in [3.63, 3.8) is 0 Å². The molecule has 16 heavy (non-hydrogen) atoms. The molecule has 3 nitrogen and oxygen atoms in total. The van der Waals surface area contributed by atoms with Crippen LogP contribution in [-0.4, -0.2) is 17.6 Å². The van der Waals surface area contributed by atoms with Crippen LogP contribution in [0.4, 0.5) is 0 Å². The summed E-state index contributed by atoms with van der Waals surface area (Å²) < 4.78 is 0. The Balaban J connectivity index is 2.59. The Morgan fingerprint density at radius 1 is 1.44 bits per heavy atom. The highest BCUT2D eigenvalue weighted by Gasteiger charge is 2.27. The Morgan fingerprint density at radius 3 is 2.50 bits per heavy atom. The van der Waals surface area contributed by atoms with E-state index in [1.807, 2.05) is 37.6 Å². The molecule has 0 spiro atoms. The van der Waals surface area contributed by atoms with Crippen LogP contribution in [0.25, 0.3) is 0 Å². The van der Waals surface area contributed by atoms with Gasteiger partial charge in [-0.05, 0) is 29.3 Å². The normalized spacial score (nSPS) is 15.6. The number of rotatable bonds is 3. The van der Waals surface area contributed by atoms with E-state index < -0.39 is 11.0 Å². The quantitative estimate of drug-likeness (QED) is 0.851. The van der Waals surface area contributed by atoms with E-state index in [1.54, 1.807) is 6.92 Å². The molecule has 2 N–H and O–H groups in total. The lowest BCUT2D eigenvalue weighted by molar-refractivity contribution is -0.129. The van der Waals surface area contributed by atoms with Crippen molar-refractivity contribution in [1.29, 1.82) is 0 Å². The molecule has 0 aromatic carbocycles. The molecule has 1 atom stereocenters. The van der Waals surface area contributed by atoms with Gasteiger partial charge in [0.15, 0.2) is 0 Å². The summed E-state index contributed by atoms with van der Waals surface area (Å²) in [7, 11) is 0. The molecular formula is C12H19NO2S. The van der Waals surface area contributed by atoms with E-state index in [0.717, 1.165) is 5.56 Å². The van der Waals surface area contributed by atoms with Crippen LogP contribution in [0, 0.1) is 5.41 Å². The first-order valence-corrected chi connectivity index (χ1v) is 6.21. The maximum atomic E-state index is 11.7. The molecule has 0 radical (unpaired) electrons. The second kappa shape index (κ2) is 4.55. The molecule has 0 bridgehead atoms. The van der Waals surface area contributed by atoms with Crippen LogP contribution in [0.1, 0.15) is 33.3 Å². The SMILES string of the molecule is CC(C)(C)C(=O)NCC(C)(O)c1ccsc1. The van der Waals surface area contributed by atoms with Gasteiger partial charge >= 0.3 is 0 Å². The topological polar surface area (TPSA) is 49.3 Å². The van der Waals surface area contributed by atoms with Crippen LogP contribution in [-0.2, 0) is 10.4 Å². The molecule has 1 heterocycles. The van der Waals surface area contributed by atoms with Crippen molar-refractivity contribution in [2.24, 2.45) is 5.41 Å². The highest BCUT2D eigenvalue weighted by molar-refractivity contribution is 7.08. The van der Waals surface area contributed by atoms with Gasteiger partial charge in [-0.3, -0.25) is 4.79 Å². The lowest BCUT2D eigenvalue weighted by Gasteiger charge is -2.25. The lowest BCUT2D eigenvalue weighted by atomic mass is 9.94. The highest BCUT2D eigenvalue weighted by atomic mass is 32.1. The number of thiophene rings is 1. The summed E-state index contributed by atoms with van der Waals surface area (Å²) in [4.78, 5) is 11.7. The highest BCUT2D eigenvalue weighted by Crippen LogP contribution is 2.22. The van der Waals surface area contributed by atoms with Crippen LogP contribution in [0.2, 0.25) is 0 Å². The number of aliphatic hydroxyl groups is 1. The van der Waals surface area contributed by atoms with E-state index in [1.165, 1.54) is 11.3 Å². The maximum Gasteiger partial charge on any atom is 0.225 e. The second-order valence-corrected chi connectivity index (χ2v) is 6.00. The standard InChI is InChI=1S/C12H19NO2S/c1-11(2,3)10(14)13-8-12(4,15)9-5-6-16-7-9/h5-7,15H,8H2,1-4H3,(H,13,14). The predicted molar refractivity (Wildman–Crippen MR) is 66.4 cm³/mol. The lowest BCUT2D eigenvalue weighted by Crippen LogP contribution is -2.43. The first-order chi connectivity index (χ1) is 7.23. The van der Waals surface area contributed by atoms with Crippen molar-refractivity contribution in [2.45, 2.75) is 33.3 Å². The number of carbonyl (C=O) groups excluding carboxylic acids is 1. The van der Waals surface area contributed by atoms with Crippen molar-refractivity contribution in [2.75, 3.05) is 6.54 Å². The summed E-state index contributed by atoms with van der Waals surface area (Å²) in [5, 5.41) is 16.8. The van der Waals surface area contributed by atoms with Gasteiger partial charge < -0.3 is 10.4 Å². The minimum atomic E-state index is -0.999. The Kier molecular flexibility index (Phi) is 3.76. The maximum absolute atomic E-state index is 11.7. The van der Waals surface area contributed by atoms with Gasteiger partial charge in [-0.15, -0.1) is 0 Å². The number of nitrogens with one attached hydrogen (secondary N) is 1. The molecule has 0 aliphatic heterocycles. The largest absolute Gasteiger partial charge is 0.384 e. The average molecular weight is 241 g/mol. The Bertz CT molecular complexity index is 350. The molecule has 1 aromatic heterocycles. The Morgan fingerprint density at radius 2 is 2.06 bits per heavy atom. The van der Waals surface area contributed by atoms with Gasteiger partial charge in [0, 0.05) is 5.41 Å². The summed E-state index contributed by atoms with van der Waals surface area (Å²) >= 11 is 1.53. The molecule has 1 unspecified atom stereocenters. The van der Waals surface area contributed by atoms with E-state index >= 15 is 0 Å². The first kappa shape index (κ1) is 13.2. The van der Waals surface area contributed by atoms with E-state index in [2.05, 4.69) is 5.32 Å². The molecule has 0 saturated heterocycles. The van der Waals surface area contributed by atoms with Crippen molar-refractivity contribution < 1.29 is 9.90 Å². The van der Waals surface area contributed by atoms with Gasteiger partial charge in [-0.1, -0.05) is 20.8 Å². The van der Waals surface area contributed by atoms with Gasteiger partial charge in [0.2, 0.25) is 5.91 Å². The number of amides is 1. The van der Waals surface area contributed by atoms with Crippen molar-refractivity contribution >= 4 is 17.2 Å². The van der Waals surface area contributed by atoms with Crippen LogP contribution in [0.5, 0.6) is 0 Å². The molecule has 0 aliphatic rings. The molecule has 1 aromatic rings. The van der Waals surface area contributed by atoms with Gasteiger partial charge in [0.1, 0.15) is 5.60 Å². The summed E-state index contributed by atoms with van der Waals surface area (Å²) in [6.07, 6.45) is 0. The van der Waals surface area contributed by atoms with Crippen molar-refractivity contribution in [1.82, 2.24) is 5.32 Å². The fourth-order valence-electron chi connectivity index (χ4n) is 1.19. The van der Waals surface area contributed by atoms with Crippen LogP contribution < -0.4 is 5.32 Å². The van der Waals surface area contributed by atoms with Crippen molar-refractivity contribution in [3.8, 4) is 0 Å². The van der Waals surface area contributed by atoms with Gasteiger partial charge in [0.05, 0.1) is 6.54 Å². The third-order valence-electron chi connectivity index (χ3n) is 2.42. The summed E-state index contributed by atoms with van der Waals surface area (Å²) in [6, 6.07) is 1.87. The average Bonchev–Trinajstić information content (AvgIpc) is 2.65. The molecule has 1 amide bonds. The predicted octanol–water partition coefficient (Wildman–Crippen LogP) is 2.12. The smallest absolute Gasteiger partial charge is 0.225 e. The monoisotopic (exact) mass is 241 g/mol. The molecule has 4 heteroatoms. The summed E-state index contributed by atoms with van der Waals surface area (Å²) in [5.74, 6) is -0.0528. The van der Waals surface area contributed by atoms with E-state index in [-0.39, 0.29) is 12.5 Å². The molecule has 1 rings (SSSR count). The van der Waals surface area contributed by atoms with Crippen molar-refractivity contribution in [3.05, 3.63) is 22.4 Å². The molecule has 0 saturated carbocycles. The zero-order valence-corrected chi connectivity index (χ0v) is 11.0. The van der Waals surface area contributed by atoms with E-state index in [4.69, 9.17) is 0 Å². The molecular weight excluding hydrogens is 222 g/mol. The second-order valence-electron chi connectivity index (χ2n) is 5.22. The Labute approximate surface area is 100 Å². The van der Waals surface area contributed by atoms with Crippen LogP contribution in [0.15, 0.2) is 16.8 Å². The summed E-state index contributed by atoms with van der Waals surface area (Å²) in [6.45, 7) is 7.49. The Hall–Kier alpha value is -0.870. The zero-order valence-electron chi connectivity index (χ0n) is 10.2.